The number of carbonyl (C=O) groups excluding carboxylic acids is 1. The predicted octanol–water partition coefficient (Wildman–Crippen LogP) is 2.84. The van der Waals surface area contributed by atoms with E-state index in [0.29, 0.717) is 37.6 Å². The minimum atomic E-state index is -0.521. The molecule has 3 rings (SSSR count). The normalized spacial score (nSPS) is 14.1. The Morgan fingerprint density at radius 3 is 2.67 bits per heavy atom. The van der Waals surface area contributed by atoms with Crippen molar-refractivity contribution in [1.29, 1.82) is 0 Å². The molecule has 0 bridgehead atoms. The molecule has 0 saturated carbocycles. The topological polar surface area (TPSA) is 75.9 Å². The summed E-state index contributed by atoms with van der Waals surface area (Å²) in [6.07, 6.45) is 0. The van der Waals surface area contributed by atoms with Gasteiger partial charge >= 0.3 is 0 Å². The van der Waals surface area contributed by atoms with Crippen LogP contribution in [0.15, 0.2) is 42.5 Å². The molecule has 7 nitrogen and oxygen atoms in total. The first-order chi connectivity index (χ1) is 13.0. The molecule has 0 aliphatic carbocycles. The number of morpholine rings is 1. The first kappa shape index (κ1) is 18.8. The van der Waals surface area contributed by atoms with E-state index in [1.807, 2.05) is 4.90 Å². The van der Waals surface area contributed by atoms with Crippen LogP contribution in [0.4, 0.5) is 15.8 Å². The van der Waals surface area contributed by atoms with Gasteiger partial charge in [0, 0.05) is 38.8 Å². The van der Waals surface area contributed by atoms with Crippen molar-refractivity contribution in [2.24, 2.45) is 0 Å². The summed E-state index contributed by atoms with van der Waals surface area (Å²) >= 11 is 0. The molecule has 2 aromatic carbocycles. The molecule has 1 saturated heterocycles. The van der Waals surface area contributed by atoms with Gasteiger partial charge in [-0.2, -0.15) is 0 Å². The van der Waals surface area contributed by atoms with Gasteiger partial charge in [0.25, 0.3) is 11.6 Å². The van der Waals surface area contributed by atoms with E-state index in [9.17, 15) is 19.3 Å². The van der Waals surface area contributed by atoms with Gasteiger partial charge in [-0.25, -0.2) is 4.39 Å². The molecule has 0 aromatic heterocycles. The third-order valence-electron chi connectivity index (χ3n) is 4.43. The highest BCUT2D eigenvalue weighted by Crippen LogP contribution is 2.28. The van der Waals surface area contributed by atoms with E-state index in [1.54, 1.807) is 25.2 Å². The van der Waals surface area contributed by atoms with Gasteiger partial charge < -0.3 is 14.5 Å². The summed E-state index contributed by atoms with van der Waals surface area (Å²) in [4.78, 5) is 27.1. The zero-order chi connectivity index (χ0) is 19.4. The van der Waals surface area contributed by atoms with E-state index in [1.165, 1.54) is 29.2 Å². The maximum absolute atomic E-state index is 13.4. The van der Waals surface area contributed by atoms with Crippen LogP contribution in [0.1, 0.15) is 15.9 Å². The third-order valence-corrected chi connectivity index (χ3v) is 4.43. The Morgan fingerprint density at radius 1 is 1.26 bits per heavy atom. The second-order valence-corrected chi connectivity index (χ2v) is 6.35. The SMILES string of the molecule is CN(Cc1cccc(F)c1)C(=O)c1cc([N+](=O)[O-])ccc1N1CCOCC1. The maximum Gasteiger partial charge on any atom is 0.270 e. The van der Waals surface area contributed by atoms with Gasteiger partial charge in [0.1, 0.15) is 5.82 Å². The molecular weight excluding hydrogens is 353 g/mol. The lowest BCUT2D eigenvalue weighted by Gasteiger charge is -2.31. The molecule has 27 heavy (non-hydrogen) atoms. The van der Waals surface area contributed by atoms with Crippen molar-refractivity contribution in [3.8, 4) is 0 Å². The monoisotopic (exact) mass is 373 g/mol. The molecule has 142 valence electrons. The number of nitrogens with zero attached hydrogens (tertiary/aromatic N) is 3. The van der Waals surface area contributed by atoms with Gasteiger partial charge in [0.15, 0.2) is 0 Å². The van der Waals surface area contributed by atoms with Crippen molar-refractivity contribution in [3.63, 3.8) is 0 Å². The van der Waals surface area contributed by atoms with Crippen LogP contribution in [0, 0.1) is 15.9 Å². The minimum Gasteiger partial charge on any atom is -0.378 e. The number of hydrogen-bond donors (Lipinski definition) is 0. The van der Waals surface area contributed by atoms with Gasteiger partial charge in [-0.1, -0.05) is 12.1 Å². The summed E-state index contributed by atoms with van der Waals surface area (Å²) in [5.74, 6) is -0.734. The van der Waals surface area contributed by atoms with Crippen LogP contribution in [-0.2, 0) is 11.3 Å². The van der Waals surface area contributed by atoms with Crippen LogP contribution in [0.25, 0.3) is 0 Å². The number of amides is 1. The first-order valence-corrected chi connectivity index (χ1v) is 8.57. The molecular formula is C19H20FN3O4. The average molecular weight is 373 g/mol. The number of ether oxygens (including phenoxy) is 1. The molecule has 1 heterocycles. The molecule has 1 fully saturated rings. The summed E-state index contributed by atoms with van der Waals surface area (Å²) in [7, 11) is 1.59. The average Bonchev–Trinajstić information content (AvgIpc) is 2.67. The number of non-ortho nitro benzene ring substituents is 1. The van der Waals surface area contributed by atoms with Crippen molar-refractivity contribution in [2.45, 2.75) is 6.54 Å². The van der Waals surface area contributed by atoms with Crippen LogP contribution in [0.5, 0.6) is 0 Å². The Labute approximate surface area is 156 Å². The summed E-state index contributed by atoms with van der Waals surface area (Å²) in [5.41, 5.74) is 1.39. The highest BCUT2D eigenvalue weighted by molar-refractivity contribution is 6.00. The number of nitro groups is 1. The van der Waals surface area contributed by atoms with E-state index < -0.39 is 4.92 Å². The fourth-order valence-corrected chi connectivity index (χ4v) is 3.08. The van der Waals surface area contributed by atoms with Gasteiger partial charge in [-0.3, -0.25) is 14.9 Å². The summed E-state index contributed by atoms with van der Waals surface area (Å²) in [6.45, 7) is 2.47. The molecule has 0 atom stereocenters. The van der Waals surface area contributed by atoms with Gasteiger partial charge in [0.2, 0.25) is 0 Å². The highest BCUT2D eigenvalue weighted by Gasteiger charge is 2.24. The molecule has 2 aromatic rings. The van der Waals surface area contributed by atoms with Crippen LogP contribution in [0.2, 0.25) is 0 Å². The van der Waals surface area contributed by atoms with Crippen molar-refractivity contribution >= 4 is 17.3 Å². The van der Waals surface area contributed by atoms with E-state index >= 15 is 0 Å². The molecule has 0 N–H and O–H groups in total. The molecule has 0 spiro atoms. The largest absolute Gasteiger partial charge is 0.378 e. The molecule has 8 heteroatoms. The van der Waals surface area contributed by atoms with E-state index in [-0.39, 0.29) is 29.5 Å². The Hall–Kier alpha value is -3.00. The van der Waals surface area contributed by atoms with E-state index in [0.717, 1.165) is 0 Å². The lowest BCUT2D eigenvalue weighted by atomic mass is 10.1. The van der Waals surface area contributed by atoms with Crippen molar-refractivity contribution in [3.05, 3.63) is 69.5 Å². The number of halogens is 1. The molecule has 1 amide bonds. The number of benzene rings is 2. The smallest absolute Gasteiger partial charge is 0.270 e. The first-order valence-electron chi connectivity index (χ1n) is 8.57. The Bertz CT molecular complexity index is 853. The maximum atomic E-state index is 13.4. The van der Waals surface area contributed by atoms with Gasteiger partial charge in [0.05, 0.1) is 29.4 Å². The fourth-order valence-electron chi connectivity index (χ4n) is 3.08. The highest BCUT2D eigenvalue weighted by atomic mass is 19.1. The number of nitro benzene ring substituents is 1. The van der Waals surface area contributed by atoms with Crippen LogP contribution < -0.4 is 4.90 Å². The molecule has 1 aliphatic heterocycles. The number of hydrogen-bond acceptors (Lipinski definition) is 5. The van der Waals surface area contributed by atoms with E-state index in [2.05, 4.69) is 0 Å². The minimum absolute atomic E-state index is 0.144. The van der Waals surface area contributed by atoms with Gasteiger partial charge in [-0.05, 0) is 23.8 Å². The number of anilines is 1. The van der Waals surface area contributed by atoms with Crippen molar-refractivity contribution in [1.82, 2.24) is 4.90 Å². The summed E-state index contributed by atoms with van der Waals surface area (Å²) in [5, 5.41) is 11.2. The van der Waals surface area contributed by atoms with Crippen molar-refractivity contribution < 1.29 is 18.8 Å². The zero-order valence-corrected chi connectivity index (χ0v) is 14.9. The lowest BCUT2D eigenvalue weighted by Crippen LogP contribution is -2.38. The zero-order valence-electron chi connectivity index (χ0n) is 14.9. The van der Waals surface area contributed by atoms with Crippen molar-refractivity contribution in [2.75, 3.05) is 38.3 Å². The Balaban J connectivity index is 1.90. The quantitative estimate of drug-likeness (QED) is 0.595. The van der Waals surface area contributed by atoms with Crippen LogP contribution in [0.3, 0.4) is 0 Å². The summed E-state index contributed by atoms with van der Waals surface area (Å²) in [6, 6.07) is 10.3. The molecule has 0 radical (unpaired) electrons. The van der Waals surface area contributed by atoms with Gasteiger partial charge in [-0.15, -0.1) is 0 Å². The molecule has 0 unspecified atom stereocenters. The standard InChI is InChI=1S/C19H20FN3O4/c1-21(13-14-3-2-4-15(20)11-14)19(24)17-12-16(23(25)26)5-6-18(17)22-7-9-27-10-8-22/h2-6,11-12H,7-10,13H2,1H3. The lowest BCUT2D eigenvalue weighted by molar-refractivity contribution is -0.384. The Kier molecular flexibility index (Phi) is 5.66. The van der Waals surface area contributed by atoms with Crippen LogP contribution in [-0.4, -0.2) is 49.1 Å². The second kappa shape index (κ2) is 8.13. The van der Waals surface area contributed by atoms with E-state index in [4.69, 9.17) is 4.74 Å². The number of carbonyl (C=O) groups is 1. The Morgan fingerprint density at radius 2 is 2.00 bits per heavy atom. The molecule has 1 aliphatic rings. The third kappa shape index (κ3) is 4.40. The predicted molar refractivity (Wildman–Crippen MR) is 98.3 cm³/mol. The number of rotatable bonds is 5. The summed E-state index contributed by atoms with van der Waals surface area (Å²) < 4.78 is 18.7. The second-order valence-electron chi connectivity index (χ2n) is 6.35. The fraction of sp³-hybridized carbons (Fsp3) is 0.316. The van der Waals surface area contributed by atoms with Crippen LogP contribution >= 0.6 is 0 Å².